The van der Waals surface area contributed by atoms with Crippen molar-refractivity contribution in [1.29, 1.82) is 0 Å². The van der Waals surface area contributed by atoms with Gasteiger partial charge in [-0.1, -0.05) is 0 Å². The van der Waals surface area contributed by atoms with Gasteiger partial charge < -0.3 is 10.8 Å². The predicted octanol–water partition coefficient (Wildman–Crippen LogP) is 1.53. The molecule has 0 saturated carbocycles. The Balaban J connectivity index is 2.41. The second kappa shape index (κ2) is 8.70. The third kappa shape index (κ3) is 5.44. The van der Waals surface area contributed by atoms with Crippen molar-refractivity contribution in [3.05, 3.63) is 36.4 Å². The molecule has 3 aromatic rings. The minimum Gasteiger partial charge on any atom is -0.505 e. The Morgan fingerprint density at radius 3 is 1.69 bits per heavy atom. The largest absolute Gasteiger partial charge is 0.505 e. The van der Waals surface area contributed by atoms with Gasteiger partial charge in [0.2, 0.25) is 0 Å². The van der Waals surface area contributed by atoms with Crippen molar-refractivity contribution in [2.24, 2.45) is 10.2 Å². The number of phenols is 1. The Kier molecular flexibility index (Phi) is 6.61. The first kappa shape index (κ1) is 27.3. The second-order valence-electron chi connectivity index (χ2n) is 6.91. The number of hydrogen-bond donors (Lipinski definition) is 6. The van der Waals surface area contributed by atoms with Gasteiger partial charge in [-0.15, -0.1) is 10.2 Å². The van der Waals surface area contributed by atoms with Crippen LogP contribution in [-0.2, 0) is 40.5 Å². The summed E-state index contributed by atoms with van der Waals surface area (Å²) in [7, 11) is -20.1. The van der Waals surface area contributed by atoms with Crippen LogP contribution in [0.4, 0.5) is 17.1 Å². The fourth-order valence-electron chi connectivity index (χ4n) is 2.99. The number of hydrogen-bond acceptors (Lipinski definition) is 12. The number of fused-ring (bicyclic) bond motifs is 1. The number of azo groups is 1. The first-order valence-electron chi connectivity index (χ1n) is 8.76. The summed E-state index contributed by atoms with van der Waals surface area (Å²) < 4.78 is 130. The van der Waals surface area contributed by atoms with Crippen molar-refractivity contribution in [3.8, 4) is 5.75 Å². The van der Waals surface area contributed by atoms with Gasteiger partial charge in [0.15, 0.2) is 5.75 Å². The lowest BCUT2D eigenvalue weighted by Gasteiger charge is -2.12. The molecule has 3 rings (SSSR count). The summed E-state index contributed by atoms with van der Waals surface area (Å²) in [6, 6.07) is 3.59. The summed E-state index contributed by atoms with van der Waals surface area (Å²) in [5, 5.41) is 16.5. The molecule has 0 fully saturated rings. The van der Waals surface area contributed by atoms with Gasteiger partial charge in [0, 0.05) is 11.1 Å². The molecular weight excluding hydrogens is 570 g/mol. The topological polar surface area (TPSA) is 288 Å². The van der Waals surface area contributed by atoms with Gasteiger partial charge in [-0.3, -0.25) is 18.2 Å². The molecule has 0 aliphatic rings. The van der Waals surface area contributed by atoms with Gasteiger partial charge in [-0.05, 0) is 41.8 Å². The molecule has 0 heterocycles. The van der Waals surface area contributed by atoms with E-state index in [4.69, 9.17) is 5.73 Å². The number of nitrogens with zero attached hydrogens (tertiary/aromatic N) is 2. The molecule has 0 radical (unpaired) electrons. The van der Waals surface area contributed by atoms with E-state index in [2.05, 4.69) is 10.2 Å². The number of rotatable bonds is 6. The summed E-state index contributed by atoms with van der Waals surface area (Å²) in [6.45, 7) is 0. The zero-order chi connectivity index (χ0) is 27.4. The lowest BCUT2D eigenvalue weighted by Crippen LogP contribution is -2.03. The van der Waals surface area contributed by atoms with Crippen LogP contribution in [0.1, 0.15) is 0 Å². The quantitative estimate of drug-likeness (QED) is 0.136. The molecule has 16 nitrogen and oxygen atoms in total. The minimum atomic E-state index is -5.25. The fourth-order valence-corrected chi connectivity index (χ4v) is 5.31. The smallest absolute Gasteiger partial charge is 0.296 e. The Bertz CT molecular complexity index is 1900. The molecule has 0 amide bonds. The van der Waals surface area contributed by atoms with Crippen molar-refractivity contribution in [2.45, 2.75) is 19.6 Å². The lowest BCUT2D eigenvalue weighted by atomic mass is 10.1. The Morgan fingerprint density at radius 2 is 1.19 bits per heavy atom. The van der Waals surface area contributed by atoms with Gasteiger partial charge >= 0.3 is 0 Å². The highest BCUT2D eigenvalue weighted by Gasteiger charge is 2.26. The molecule has 0 aliphatic carbocycles. The lowest BCUT2D eigenvalue weighted by molar-refractivity contribution is 0.472. The molecule has 0 bridgehead atoms. The van der Waals surface area contributed by atoms with Gasteiger partial charge in [-0.25, -0.2) is 0 Å². The molecule has 20 heteroatoms. The van der Waals surface area contributed by atoms with Crippen LogP contribution in [0, 0.1) is 0 Å². The summed E-state index contributed by atoms with van der Waals surface area (Å²) in [5.41, 5.74) is 3.20. The second-order valence-corrected chi connectivity index (χ2v) is 12.5. The highest BCUT2D eigenvalue weighted by Crippen LogP contribution is 2.44. The summed E-state index contributed by atoms with van der Waals surface area (Å²) in [5.74, 6) is -1.11. The number of nitrogen functional groups attached to an aromatic ring is 1. The molecule has 0 aromatic heterocycles. The number of nitrogens with two attached hydrogens (primary N) is 1. The number of phenolic OH excluding ortho intramolecular Hbond substituents is 1. The standard InChI is InChI=1S/C16H13N3O13S4/c17-10-5-9(34(24,25)26)3-7-4-13(36(30,31)32)15(16(20)14(7)10)19-18-11-6-8(33(21,22)23)1-2-12(11)35(27,28)29/h1-6,20H,17H2,(H,21,22,23)(H,24,25,26)(H,27,28,29)(H,30,31,32). The van der Waals surface area contributed by atoms with Crippen LogP contribution in [0.3, 0.4) is 0 Å². The molecule has 194 valence electrons. The van der Waals surface area contributed by atoms with E-state index in [1.165, 1.54) is 0 Å². The number of benzene rings is 3. The van der Waals surface area contributed by atoms with Crippen molar-refractivity contribution in [1.82, 2.24) is 0 Å². The maximum Gasteiger partial charge on any atom is 0.296 e. The van der Waals surface area contributed by atoms with Crippen LogP contribution in [0.25, 0.3) is 10.8 Å². The highest BCUT2D eigenvalue weighted by molar-refractivity contribution is 7.86. The van der Waals surface area contributed by atoms with E-state index in [1.54, 1.807) is 0 Å². The van der Waals surface area contributed by atoms with Crippen molar-refractivity contribution in [2.75, 3.05) is 5.73 Å². The number of anilines is 1. The van der Waals surface area contributed by atoms with Crippen molar-refractivity contribution in [3.63, 3.8) is 0 Å². The van der Waals surface area contributed by atoms with Gasteiger partial charge in [-0.2, -0.15) is 33.7 Å². The van der Waals surface area contributed by atoms with E-state index < -0.39 is 93.6 Å². The first-order chi connectivity index (χ1) is 16.2. The van der Waals surface area contributed by atoms with E-state index in [0.717, 1.165) is 0 Å². The third-order valence-electron chi connectivity index (χ3n) is 4.49. The number of aromatic hydroxyl groups is 1. The Labute approximate surface area is 202 Å². The molecule has 7 N–H and O–H groups in total. The van der Waals surface area contributed by atoms with Crippen LogP contribution in [-0.4, -0.2) is 57.0 Å². The molecule has 0 spiro atoms. The summed E-state index contributed by atoms with van der Waals surface area (Å²) >= 11 is 0. The van der Waals surface area contributed by atoms with E-state index in [9.17, 15) is 57.0 Å². The zero-order valence-corrected chi connectivity index (χ0v) is 20.3. The monoisotopic (exact) mass is 583 g/mol. The van der Waals surface area contributed by atoms with Crippen molar-refractivity contribution >= 4 is 68.3 Å². The Hall–Kier alpha value is -3.24. The molecule has 0 aliphatic heterocycles. The SMILES string of the molecule is Nc1cc(S(=O)(=O)O)cc2cc(S(=O)(=O)O)c(N=Nc3cc(S(=O)(=O)O)ccc3S(=O)(=O)O)c(O)c12. The van der Waals surface area contributed by atoms with Gasteiger partial charge in [0.25, 0.3) is 40.5 Å². The van der Waals surface area contributed by atoms with E-state index in [-0.39, 0.29) is 0 Å². The molecule has 0 atom stereocenters. The third-order valence-corrected chi connectivity index (χ3v) is 7.94. The Morgan fingerprint density at radius 1 is 0.639 bits per heavy atom. The van der Waals surface area contributed by atoms with Crippen LogP contribution in [0.2, 0.25) is 0 Å². The zero-order valence-electron chi connectivity index (χ0n) is 17.1. The van der Waals surface area contributed by atoms with E-state index in [1.807, 2.05) is 0 Å². The van der Waals surface area contributed by atoms with E-state index in [0.29, 0.717) is 36.4 Å². The fraction of sp³-hybridized carbons (Fsp3) is 0. The maximum atomic E-state index is 11.9. The average molecular weight is 584 g/mol. The van der Waals surface area contributed by atoms with Gasteiger partial charge in [0.1, 0.15) is 21.2 Å². The minimum absolute atomic E-state index is 0.404. The average Bonchev–Trinajstić information content (AvgIpc) is 2.69. The van der Waals surface area contributed by atoms with Gasteiger partial charge in [0.05, 0.1) is 9.79 Å². The summed E-state index contributed by atoms with van der Waals surface area (Å²) in [6.07, 6.45) is 0. The molecule has 3 aromatic carbocycles. The molecule has 36 heavy (non-hydrogen) atoms. The molecular formula is C16H13N3O13S4. The van der Waals surface area contributed by atoms with E-state index >= 15 is 0 Å². The van der Waals surface area contributed by atoms with Crippen molar-refractivity contribution < 1.29 is 57.0 Å². The van der Waals surface area contributed by atoms with Crippen LogP contribution < -0.4 is 5.73 Å². The normalized spacial score (nSPS) is 13.4. The predicted molar refractivity (Wildman–Crippen MR) is 120 cm³/mol. The highest BCUT2D eigenvalue weighted by atomic mass is 32.2. The summed E-state index contributed by atoms with van der Waals surface area (Å²) in [4.78, 5) is -3.92. The van der Waals surface area contributed by atoms with Crippen LogP contribution in [0.5, 0.6) is 5.75 Å². The molecule has 0 saturated heterocycles. The van der Waals surface area contributed by atoms with Crippen LogP contribution >= 0.6 is 0 Å². The first-order valence-corrected chi connectivity index (χ1v) is 14.5. The molecule has 0 unspecified atom stereocenters. The van der Waals surface area contributed by atoms with Crippen LogP contribution in [0.15, 0.2) is 66.2 Å². The maximum absolute atomic E-state index is 11.9.